The quantitative estimate of drug-likeness (QED) is 0.797. The minimum Gasteiger partial charge on any atom is -0.329 e. The first-order valence-corrected chi connectivity index (χ1v) is 4.68. The van der Waals surface area contributed by atoms with Crippen LogP contribution in [0.25, 0.3) is 0 Å². The molecule has 0 radical (unpaired) electrons. The van der Waals surface area contributed by atoms with E-state index in [9.17, 15) is 4.39 Å². The number of hydrogen-bond donors (Lipinski definition) is 1. The number of halogens is 1. The van der Waals surface area contributed by atoms with Crippen molar-refractivity contribution in [1.29, 1.82) is 0 Å². The van der Waals surface area contributed by atoms with Gasteiger partial charge in [-0.05, 0) is 38.2 Å². The summed E-state index contributed by atoms with van der Waals surface area (Å²) in [6.07, 6.45) is 0. The van der Waals surface area contributed by atoms with Crippen LogP contribution in [-0.4, -0.2) is 25.5 Å². The van der Waals surface area contributed by atoms with Crippen molar-refractivity contribution in [1.82, 2.24) is 4.90 Å². The summed E-state index contributed by atoms with van der Waals surface area (Å²) >= 11 is 0. The molecule has 0 aliphatic carbocycles. The third-order valence-corrected chi connectivity index (χ3v) is 2.41. The third kappa shape index (κ3) is 2.30. The Kier molecular flexibility index (Phi) is 3.61. The van der Waals surface area contributed by atoms with Crippen molar-refractivity contribution in [3.63, 3.8) is 0 Å². The first-order valence-electron chi connectivity index (χ1n) is 4.68. The molecule has 0 spiro atoms. The minimum absolute atomic E-state index is 0.161. The molecule has 0 aliphatic rings. The summed E-state index contributed by atoms with van der Waals surface area (Å²) in [6.45, 7) is 2.31. The predicted octanol–water partition coefficient (Wildman–Crippen LogP) is 1.70. The Morgan fingerprint density at radius 1 is 1.43 bits per heavy atom. The maximum absolute atomic E-state index is 13.0. The zero-order valence-corrected chi connectivity index (χ0v) is 8.92. The highest BCUT2D eigenvalue weighted by atomic mass is 19.1. The first kappa shape index (κ1) is 11.1. The van der Waals surface area contributed by atoms with Crippen molar-refractivity contribution in [2.75, 3.05) is 20.6 Å². The second-order valence-corrected chi connectivity index (χ2v) is 3.72. The molecule has 0 saturated heterocycles. The van der Waals surface area contributed by atoms with Crippen LogP contribution < -0.4 is 5.73 Å². The van der Waals surface area contributed by atoms with E-state index in [1.807, 2.05) is 25.1 Å². The molecule has 1 aromatic carbocycles. The highest BCUT2D eigenvalue weighted by molar-refractivity contribution is 5.26. The van der Waals surface area contributed by atoms with Crippen molar-refractivity contribution in [3.8, 4) is 0 Å². The van der Waals surface area contributed by atoms with Crippen LogP contribution in [0.15, 0.2) is 18.2 Å². The van der Waals surface area contributed by atoms with E-state index in [1.165, 1.54) is 6.07 Å². The molecule has 0 aromatic heterocycles. The Morgan fingerprint density at radius 3 is 2.50 bits per heavy atom. The van der Waals surface area contributed by atoms with Crippen LogP contribution in [0.5, 0.6) is 0 Å². The maximum Gasteiger partial charge on any atom is 0.126 e. The Balaban J connectivity index is 3.00. The number of nitrogens with two attached hydrogens (primary N) is 1. The van der Waals surface area contributed by atoms with E-state index in [-0.39, 0.29) is 11.9 Å². The number of nitrogens with zero attached hydrogens (tertiary/aromatic N) is 1. The van der Waals surface area contributed by atoms with Crippen LogP contribution in [0.1, 0.15) is 17.2 Å². The molecular formula is C11H17FN2. The van der Waals surface area contributed by atoms with Gasteiger partial charge in [0.2, 0.25) is 0 Å². The third-order valence-electron chi connectivity index (χ3n) is 2.41. The zero-order valence-electron chi connectivity index (χ0n) is 8.92. The molecule has 1 rings (SSSR count). The van der Waals surface area contributed by atoms with Crippen LogP contribution in [0.3, 0.4) is 0 Å². The molecule has 0 saturated carbocycles. The fourth-order valence-corrected chi connectivity index (χ4v) is 1.52. The van der Waals surface area contributed by atoms with Gasteiger partial charge in [0.15, 0.2) is 0 Å². The van der Waals surface area contributed by atoms with Crippen LogP contribution in [-0.2, 0) is 0 Å². The van der Waals surface area contributed by atoms with E-state index < -0.39 is 0 Å². The molecule has 78 valence electrons. The van der Waals surface area contributed by atoms with Crippen LogP contribution in [0.2, 0.25) is 0 Å². The molecule has 0 fully saturated rings. The molecule has 1 atom stereocenters. The van der Waals surface area contributed by atoms with E-state index in [4.69, 9.17) is 5.73 Å². The molecule has 14 heavy (non-hydrogen) atoms. The summed E-state index contributed by atoms with van der Waals surface area (Å²) < 4.78 is 13.0. The lowest BCUT2D eigenvalue weighted by Gasteiger charge is -2.23. The summed E-state index contributed by atoms with van der Waals surface area (Å²) in [5.41, 5.74) is 7.39. The average molecular weight is 196 g/mol. The Morgan fingerprint density at radius 2 is 2.07 bits per heavy atom. The van der Waals surface area contributed by atoms with E-state index in [0.717, 1.165) is 5.56 Å². The minimum atomic E-state index is -0.164. The van der Waals surface area contributed by atoms with Crippen LogP contribution in [0.4, 0.5) is 4.39 Å². The Hall–Kier alpha value is -0.930. The van der Waals surface area contributed by atoms with Crippen LogP contribution in [0, 0.1) is 12.7 Å². The predicted molar refractivity (Wildman–Crippen MR) is 56.6 cm³/mol. The lowest BCUT2D eigenvalue weighted by Crippen LogP contribution is -2.27. The SMILES string of the molecule is Cc1cc(C(CN)N(C)C)ccc1F. The standard InChI is InChI=1S/C11H17FN2/c1-8-6-9(4-5-10(8)12)11(7-13)14(2)3/h4-6,11H,7,13H2,1-3H3. The van der Waals surface area contributed by atoms with Crippen molar-refractivity contribution >= 4 is 0 Å². The van der Waals surface area contributed by atoms with Crippen LogP contribution >= 0.6 is 0 Å². The largest absolute Gasteiger partial charge is 0.329 e. The van der Waals surface area contributed by atoms with Gasteiger partial charge in [-0.25, -0.2) is 4.39 Å². The normalized spacial score (nSPS) is 13.3. The highest BCUT2D eigenvalue weighted by Crippen LogP contribution is 2.19. The van der Waals surface area contributed by atoms with Gasteiger partial charge in [0.1, 0.15) is 5.82 Å². The summed E-state index contributed by atoms with van der Waals surface area (Å²) in [4.78, 5) is 2.03. The van der Waals surface area contributed by atoms with Gasteiger partial charge in [-0.1, -0.05) is 12.1 Å². The average Bonchev–Trinajstić information content (AvgIpc) is 2.11. The lowest BCUT2D eigenvalue weighted by molar-refractivity contribution is 0.305. The molecule has 2 N–H and O–H groups in total. The van der Waals surface area contributed by atoms with Gasteiger partial charge in [0.05, 0.1) is 0 Å². The number of likely N-dealkylation sites (N-methyl/N-ethyl adjacent to an activating group) is 1. The van der Waals surface area contributed by atoms with Gasteiger partial charge in [-0.15, -0.1) is 0 Å². The number of hydrogen-bond acceptors (Lipinski definition) is 2. The number of rotatable bonds is 3. The van der Waals surface area contributed by atoms with Gasteiger partial charge in [0, 0.05) is 12.6 Å². The Bertz CT molecular complexity index is 310. The number of benzene rings is 1. The molecule has 0 bridgehead atoms. The van der Waals surface area contributed by atoms with Gasteiger partial charge in [0.25, 0.3) is 0 Å². The highest BCUT2D eigenvalue weighted by Gasteiger charge is 2.12. The monoisotopic (exact) mass is 196 g/mol. The zero-order chi connectivity index (χ0) is 10.7. The Labute approximate surface area is 84.5 Å². The summed E-state index contributed by atoms with van der Waals surface area (Å²) in [7, 11) is 3.94. The molecular weight excluding hydrogens is 179 g/mol. The number of aryl methyl sites for hydroxylation is 1. The van der Waals surface area contributed by atoms with Gasteiger partial charge in [-0.3, -0.25) is 0 Å². The van der Waals surface area contributed by atoms with E-state index in [2.05, 4.69) is 0 Å². The molecule has 1 unspecified atom stereocenters. The molecule has 0 heterocycles. The van der Waals surface area contributed by atoms with E-state index in [1.54, 1.807) is 13.0 Å². The molecule has 1 aromatic rings. The molecule has 0 amide bonds. The van der Waals surface area contributed by atoms with Crippen molar-refractivity contribution in [2.24, 2.45) is 5.73 Å². The molecule has 0 aliphatic heterocycles. The van der Waals surface area contributed by atoms with Gasteiger partial charge >= 0.3 is 0 Å². The second-order valence-electron chi connectivity index (χ2n) is 3.72. The molecule has 2 nitrogen and oxygen atoms in total. The second kappa shape index (κ2) is 4.53. The smallest absolute Gasteiger partial charge is 0.126 e. The van der Waals surface area contributed by atoms with Crippen molar-refractivity contribution in [2.45, 2.75) is 13.0 Å². The van der Waals surface area contributed by atoms with E-state index >= 15 is 0 Å². The lowest BCUT2D eigenvalue weighted by atomic mass is 10.0. The summed E-state index contributed by atoms with van der Waals surface area (Å²) in [5.74, 6) is -0.164. The molecule has 3 heteroatoms. The topological polar surface area (TPSA) is 29.3 Å². The summed E-state index contributed by atoms with van der Waals surface area (Å²) in [5, 5.41) is 0. The first-order chi connectivity index (χ1) is 6.56. The van der Waals surface area contributed by atoms with Gasteiger partial charge < -0.3 is 10.6 Å². The fraction of sp³-hybridized carbons (Fsp3) is 0.455. The van der Waals surface area contributed by atoms with E-state index in [0.29, 0.717) is 12.1 Å². The van der Waals surface area contributed by atoms with Gasteiger partial charge in [-0.2, -0.15) is 0 Å². The van der Waals surface area contributed by atoms with Crippen molar-refractivity contribution in [3.05, 3.63) is 35.1 Å². The van der Waals surface area contributed by atoms with Crippen molar-refractivity contribution < 1.29 is 4.39 Å². The maximum atomic E-state index is 13.0. The summed E-state index contributed by atoms with van der Waals surface area (Å²) in [6, 6.07) is 5.30. The fourth-order valence-electron chi connectivity index (χ4n) is 1.52.